The van der Waals surface area contributed by atoms with E-state index in [-0.39, 0.29) is 22.6 Å². The lowest BCUT2D eigenvalue weighted by atomic mass is 9.94. The predicted molar refractivity (Wildman–Crippen MR) is 86.6 cm³/mol. The van der Waals surface area contributed by atoms with Crippen LogP contribution in [0.1, 0.15) is 29.8 Å². The highest BCUT2D eigenvalue weighted by atomic mass is 35.5. The molecule has 3 atom stereocenters. The van der Waals surface area contributed by atoms with E-state index in [0.717, 1.165) is 19.3 Å². The second kappa shape index (κ2) is 5.48. The van der Waals surface area contributed by atoms with Crippen LogP contribution in [0.15, 0.2) is 18.2 Å². The molecule has 4 rings (SSSR count). The highest BCUT2D eigenvalue weighted by molar-refractivity contribution is 6.38. The van der Waals surface area contributed by atoms with E-state index in [0.29, 0.717) is 17.4 Å². The first-order valence-electron chi connectivity index (χ1n) is 7.98. The maximum Gasteiger partial charge on any atom is 0.326 e. The summed E-state index contributed by atoms with van der Waals surface area (Å²) in [4.78, 5) is 28.9. The number of hydrogen-bond donors (Lipinski definition) is 2. The molecule has 7 heteroatoms. The third-order valence-electron chi connectivity index (χ3n) is 5.32. The Morgan fingerprint density at radius 2 is 2.12 bits per heavy atom. The molecule has 1 aromatic heterocycles. The maximum absolute atomic E-state index is 13.4. The molecule has 2 aliphatic rings. The Morgan fingerprint density at radius 1 is 1.33 bits per heavy atom. The van der Waals surface area contributed by atoms with Crippen LogP contribution in [0.3, 0.4) is 0 Å². The minimum absolute atomic E-state index is 0.00653. The number of likely N-dealkylation sites (tertiary alicyclic amines) is 1. The fraction of sp³-hybridized carbons (Fsp3) is 0.412. The quantitative estimate of drug-likeness (QED) is 0.872. The van der Waals surface area contributed by atoms with E-state index >= 15 is 0 Å². The molecule has 1 aromatic carbocycles. The minimum atomic E-state index is -0.976. The smallest absolute Gasteiger partial charge is 0.326 e. The molecule has 0 radical (unpaired) electrons. The Kier molecular flexibility index (Phi) is 3.53. The number of nitrogens with one attached hydrogen (secondary N) is 1. The van der Waals surface area contributed by atoms with Crippen LogP contribution in [-0.2, 0) is 4.79 Å². The molecular weight excluding hydrogens is 335 g/mol. The summed E-state index contributed by atoms with van der Waals surface area (Å²) in [6, 6.07) is 3.24. The number of aromatic amines is 1. The molecule has 1 amide bonds. The third kappa shape index (κ3) is 2.20. The number of carbonyl (C=O) groups excluding carboxylic acids is 1. The van der Waals surface area contributed by atoms with Gasteiger partial charge in [-0.1, -0.05) is 18.0 Å². The number of benzene rings is 1. The zero-order valence-electron chi connectivity index (χ0n) is 12.8. The molecule has 1 saturated heterocycles. The second-order valence-electron chi connectivity index (χ2n) is 6.60. The van der Waals surface area contributed by atoms with Crippen LogP contribution in [0.2, 0.25) is 5.02 Å². The van der Waals surface area contributed by atoms with Crippen molar-refractivity contribution in [3.63, 3.8) is 0 Å². The van der Waals surface area contributed by atoms with Gasteiger partial charge in [0.05, 0.1) is 5.02 Å². The molecule has 0 bridgehead atoms. The molecule has 1 saturated carbocycles. The van der Waals surface area contributed by atoms with Gasteiger partial charge in [-0.3, -0.25) is 4.79 Å². The number of nitrogens with zero attached hydrogens (tertiary/aromatic N) is 1. The van der Waals surface area contributed by atoms with Crippen molar-refractivity contribution in [2.45, 2.75) is 25.3 Å². The number of aliphatic carboxylic acids is 1. The number of hydrogen-bond acceptors (Lipinski definition) is 2. The summed E-state index contributed by atoms with van der Waals surface area (Å²) >= 11 is 6.26. The van der Waals surface area contributed by atoms with Crippen molar-refractivity contribution in [2.75, 3.05) is 6.54 Å². The number of carbonyl (C=O) groups is 2. The lowest BCUT2D eigenvalue weighted by Gasteiger charge is -2.24. The van der Waals surface area contributed by atoms with Gasteiger partial charge in [0.2, 0.25) is 0 Å². The Morgan fingerprint density at radius 3 is 2.88 bits per heavy atom. The van der Waals surface area contributed by atoms with Crippen LogP contribution >= 0.6 is 11.6 Å². The summed E-state index contributed by atoms with van der Waals surface area (Å²) in [7, 11) is 0. The third-order valence-corrected chi connectivity index (χ3v) is 5.71. The number of carboxylic acid groups (broad SMARTS) is 1. The second-order valence-corrected chi connectivity index (χ2v) is 6.98. The van der Waals surface area contributed by atoms with Gasteiger partial charge in [0, 0.05) is 17.4 Å². The first kappa shape index (κ1) is 15.4. The number of H-pyrrole nitrogens is 1. The van der Waals surface area contributed by atoms with Crippen molar-refractivity contribution >= 4 is 34.4 Å². The zero-order valence-corrected chi connectivity index (χ0v) is 13.5. The Hall–Kier alpha value is -2.08. The SMILES string of the molecule is O=C(O)C1C2CCCC2CN1C(=O)c1[nH]c2ccc(F)cc2c1Cl. The molecule has 24 heavy (non-hydrogen) atoms. The summed E-state index contributed by atoms with van der Waals surface area (Å²) in [6.07, 6.45) is 2.79. The van der Waals surface area contributed by atoms with Crippen molar-refractivity contribution in [1.82, 2.24) is 9.88 Å². The van der Waals surface area contributed by atoms with Crippen LogP contribution in [0, 0.1) is 17.7 Å². The van der Waals surface area contributed by atoms with E-state index in [1.807, 2.05) is 0 Å². The molecule has 0 spiro atoms. The molecule has 1 aliphatic carbocycles. The van der Waals surface area contributed by atoms with Gasteiger partial charge in [0.1, 0.15) is 17.6 Å². The number of rotatable bonds is 2. The largest absolute Gasteiger partial charge is 0.480 e. The van der Waals surface area contributed by atoms with Crippen molar-refractivity contribution in [1.29, 1.82) is 0 Å². The minimum Gasteiger partial charge on any atom is -0.480 e. The van der Waals surface area contributed by atoms with Crippen LogP contribution in [0.5, 0.6) is 0 Å². The van der Waals surface area contributed by atoms with Gasteiger partial charge in [-0.25, -0.2) is 9.18 Å². The van der Waals surface area contributed by atoms with Gasteiger partial charge in [0.25, 0.3) is 5.91 Å². The van der Waals surface area contributed by atoms with E-state index in [1.165, 1.54) is 23.1 Å². The summed E-state index contributed by atoms with van der Waals surface area (Å²) in [5, 5.41) is 10.1. The van der Waals surface area contributed by atoms with Crippen molar-refractivity contribution in [3.05, 3.63) is 34.7 Å². The summed E-state index contributed by atoms with van der Waals surface area (Å²) < 4.78 is 13.4. The molecule has 2 heterocycles. The molecular formula is C17H16ClFN2O3. The number of carboxylic acids is 1. The van der Waals surface area contributed by atoms with Crippen LogP contribution in [-0.4, -0.2) is 39.5 Å². The Balaban J connectivity index is 1.73. The summed E-state index contributed by atoms with van der Waals surface area (Å²) in [6.45, 7) is 0.431. The summed E-state index contributed by atoms with van der Waals surface area (Å²) in [5.41, 5.74) is 0.680. The lowest BCUT2D eigenvalue weighted by molar-refractivity contribution is -0.142. The first-order valence-corrected chi connectivity index (χ1v) is 8.35. The Labute approximate surface area is 142 Å². The van der Waals surface area contributed by atoms with Crippen LogP contribution in [0.25, 0.3) is 10.9 Å². The molecule has 126 valence electrons. The van der Waals surface area contributed by atoms with Crippen LogP contribution < -0.4 is 0 Å². The number of fused-ring (bicyclic) bond motifs is 2. The number of aromatic nitrogens is 1. The average molecular weight is 351 g/mol. The van der Waals surface area contributed by atoms with Crippen molar-refractivity contribution in [3.8, 4) is 0 Å². The molecule has 2 N–H and O–H groups in total. The van der Waals surface area contributed by atoms with Gasteiger partial charge in [-0.05, 0) is 42.9 Å². The molecule has 1 aliphatic heterocycles. The summed E-state index contributed by atoms with van der Waals surface area (Å²) in [5.74, 6) is -1.61. The molecule has 2 aromatic rings. The van der Waals surface area contributed by atoms with Gasteiger partial charge in [-0.2, -0.15) is 0 Å². The lowest BCUT2D eigenvalue weighted by Crippen LogP contribution is -2.43. The van der Waals surface area contributed by atoms with Gasteiger partial charge in [-0.15, -0.1) is 0 Å². The molecule has 3 unspecified atom stereocenters. The predicted octanol–water partition coefficient (Wildman–Crippen LogP) is 3.29. The maximum atomic E-state index is 13.4. The van der Waals surface area contributed by atoms with E-state index in [9.17, 15) is 19.1 Å². The van der Waals surface area contributed by atoms with Crippen molar-refractivity contribution in [2.24, 2.45) is 11.8 Å². The Bertz CT molecular complexity index is 850. The fourth-order valence-corrected chi connectivity index (χ4v) is 4.54. The molecule has 2 fully saturated rings. The monoisotopic (exact) mass is 350 g/mol. The van der Waals surface area contributed by atoms with Crippen molar-refractivity contribution < 1.29 is 19.1 Å². The zero-order chi connectivity index (χ0) is 17.0. The normalized spacial score (nSPS) is 26.1. The fourth-order valence-electron chi connectivity index (χ4n) is 4.25. The number of halogens is 2. The van der Waals surface area contributed by atoms with E-state index in [2.05, 4.69) is 4.98 Å². The van der Waals surface area contributed by atoms with Gasteiger partial charge < -0.3 is 15.0 Å². The van der Waals surface area contributed by atoms with E-state index in [1.54, 1.807) is 0 Å². The van der Waals surface area contributed by atoms with Gasteiger partial charge >= 0.3 is 5.97 Å². The highest BCUT2D eigenvalue weighted by Crippen LogP contribution is 2.43. The van der Waals surface area contributed by atoms with E-state index in [4.69, 9.17) is 11.6 Å². The van der Waals surface area contributed by atoms with Crippen LogP contribution in [0.4, 0.5) is 4.39 Å². The topological polar surface area (TPSA) is 73.4 Å². The highest BCUT2D eigenvalue weighted by Gasteiger charge is 2.50. The standard InChI is InChI=1S/C17H16ClFN2O3/c18-13-11-6-9(19)4-5-12(11)20-14(13)16(22)21-7-8-2-1-3-10(8)15(21)17(23)24/h4-6,8,10,15,20H,1-3,7H2,(H,23,24). The first-order chi connectivity index (χ1) is 11.5. The van der Waals surface area contributed by atoms with Gasteiger partial charge in [0.15, 0.2) is 0 Å². The molecule has 5 nitrogen and oxygen atoms in total. The average Bonchev–Trinajstić information content (AvgIpc) is 3.19. The number of amides is 1. The van der Waals surface area contributed by atoms with E-state index < -0.39 is 23.7 Å².